The van der Waals surface area contributed by atoms with Crippen molar-refractivity contribution in [1.82, 2.24) is 14.7 Å². The molecule has 0 bridgehead atoms. The summed E-state index contributed by atoms with van der Waals surface area (Å²) >= 11 is 6.18. The van der Waals surface area contributed by atoms with Gasteiger partial charge < -0.3 is 14.4 Å². The van der Waals surface area contributed by atoms with Crippen LogP contribution in [0.1, 0.15) is 12.0 Å². The summed E-state index contributed by atoms with van der Waals surface area (Å²) in [4.78, 5) is 2.14. The second-order valence-corrected chi connectivity index (χ2v) is 6.91. The topological polar surface area (TPSA) is 39.5 Å². The van der Waals surface area contributed by atoms with E-state index in [1.807, 2.05) is 47.1 Å². The quantitative estimate of drug-likeness (QED) is 0.513. The number of aromatic nitrogens is 2. The summed E-state index contributed by atoms with van der Waals surface area (Å²) in [6, 6.07) is 13.8. The molecular weight excluding hydrogens is 385 g/mol. The van der Waals surface area contributed by atoms with Crippen molar-refractivity contribution in [2.75, 3.05) is 34.4 Å². The van der Waals surface area contributed by atoms with Gasteiger partial charge in [0.1, 0.15) is 5.75 Å². The highest BCUT2D eigenvalue weighted by Gasteiger charge is 2.13. The normalized spacial score (nSPS) is 10.9. The highest BCUT2D eigenvalue weighted by molar-refractivity contribution is 6.31. The second-order valence-electron chi connectivity index (χ2n) is 6.48. The molecule has 27 heavy (non-hydrogen) atoms. The van der Waals surface area contributed by atoms with Crippen LogP contribution in [0.3, 0.4) is 0 Å². The monoisotopic (exact) mass is 409 g/mol. The van der Waals surface area contributed by atoms with Crippen LogP contribution in [-0.4, -0.2) is 49.0 Å². The molecule has 0 N–H and O–H groups in total. The first-order chi connectivity index (χ1) is 12.6. The highest BCUT2D eigenvalue weighted by atomic mass is 35.5. The van der Waals surface area contributed by atoms with Gasteiger partial charge in [0.2, 0.25) is 5.88 Å². The number of nitrogens with zero attached hydrogens (tertiary/aromatic N) is 3. The lowest BCUT2D eigenvalue weighted by atomic mass is 10.2. The van der Waals surface area contributed by atoms with E-state index in [1.54, 1.807) is 7.11 Å². The minimum atomic E-state index is 0. The molecule has 0 aliphatic rings. The Labute approximate surface area is 171 Å². The van der Waals surface area contributed by atoms with Crippen molar-refractivity contribution in [3.63, 3.8) is 0 Å². The maximum absolute atomic E-state index is 6.18. The summed E-state index contributed by atoms with van der Waals surface area (Å²) in [6.07, 6.45) is 0.945. The van der Waals surface area contributed by atoms with Gasteiger partial charge in [-0.1, -0.05) is 23.7 Å². The summed E-state index contributed by atoms with van der Waals surface area (Å²) < 4.78 is 13.1. The van der Waals surface area contributed by atoms with E-state index in [0.29, 0.717) is 24.1 Å². The summed E-state index contributed by atoms with van der Waals surface area (Å²) in [7, 11) is 5.77. The molecule has 0 saturated heterocycles. The molecule has 1 heterocycles. The fourth-order valence-corrected chi connectivity index (χ4v) is 2.97. The molecule has 7 heteroatoms. The minimum Gasteiger partial charge on any atom is -0.497 e. The van der Waals surface area contributed by atoms with Crippen molar-refractivity contribution in [2.45, 2.75) is 13.0 Å². The maximum atomic E-state index is 6.18. The van der Waals surface area contributed by atoms with Crippen molar-refractivity contribution in [3.05, 3.63) is 53.1 Å². The van der Waals surface area contributed by atoms with Gasteiger partial charge in [0.25, 0.3) is 0 Å². The Kier molecular flexibility index (Phi) is 7.78. The molecule has 0 fully saturated rings. The molecular formula is C20H25Cl2N3O2. The molecule has 2 aromatic carbocycles. The highest BCUT2D eigenvalue weighted by Crippen LogP contribution is 2.28. The van der Waals surface area contributed by atoms with Crippen LogP contribution in [0.25, 0.3) is 10.9 Å². The lowest BCUT2D eigenvalue weighted by Crippen LogP contribution is -2.15. The summed E-state index contributed by atoms with van der Waals surface area (Å²) in [5.74, 6) is 1.48. The van der Waals surface area contributed by atoms with Crippen LogP contribution in [0, 0.1) is 0 Å². The molecule has 146 valence electrons. The standard InChI is InChI=1S/C20H24ClN3O2.ClH/c1-23(2)11-4-12-26-20-18-13-16(21)7-10-19(18)24(22-20)14-15-5-8-17(25-3)9-6-15;/h5-10,13H,4,11-12,14H2,1-3H3;1H. The Morgan fingerprint density at radius 3 is 2.52 bits per heavy atom. The van der Waals surface area contributed by atoms with Crippen molar-refractivity contribution in [3.8, 4) is 11.6 Å². The molecule has 0 aliphatic carbocycles. The molecule has 0 amide bonds. The van der Waals surface area contributed by atoms with Gasteiger partial charge in [-0.2, -0.15) is 0 Å². The van der Waals surface area contributed by atoms with E-state index in [-0.39, 0.29) is 12.4 Å². The molecule has 0 atom stereocenters. The predicted octanol–water partition coefficient (Wildman–Crippen LogP) is 4.50. The number of ether oxygens (including phenoxy) is 2. The van der Waals surface area contributed by atoms with Gasteiger partial charge in [0.15, 0.2) is 0 Å². The van der Waals surface area contributed by atoms with Crippen LogP contribution in [-0.2, 0) is 6.54 Å². The van der Waals surface area contributed by atoms with Crippen LogP contribution in [0.15, 0.2) is 42.5 Å². The van der Waals surface area contributed by atoms with Gasteiger partial charge in [0.05, 0.1) is 31.2 Å². The molecule has 0 unspecified atom stereocenters. The Hall–Kier alpha value is -1.95. The zero-order valence-corrected chi connectivity index (χ0v) is 17.4. The third kappa shape index (κ3) is 5.51. The van der Waals surface area contributed by atoms with Crippen molar-refractivity contribution >= 4 is 34.9 Å². The zero-order chi connectivity index (χ0) is 18.5. The SMILES string of the molecule is COc1ccc(Cn2nc(OCCCN(C)C)c3cc(Cl)ccc32)cc1.Cl. The second kappa shape index (κ2) is 9.83. The molecule has 0 radical (unpaired) electrons. The van der Waals surface area contributed by atoms with E-state index in [4.69, 9.17) is 21.1 Å². The molecule has 3 rings (SSSR count). The van der Waals surface area contributed by atoms with Gasteiger partial charge in [-0.05, 0) is 56.4 Å². The van der Waals surface area contributed by atoms with Gasteiger partial charge in [-0.3, -0.25) is 4.68 Å². The fraction of sp³-hybridized carbons (Fsp3) is 0.350. The van der Waals surface area contributed by atoms with E-state index in [0.717, 1.165) is 35.2 Å². The Balaban J connectivity index is 0.00000261. The summed E-state index contributed by atoms with van der Waals surface area (Å²) in [5.41, 5.74) is 2.15. The molecule has 0 aliphatic heterocycles. The van der Waals surface area contributed by atoms with Crippen LogP contribution in [0.2, 0.25) is 5.02 Å². The number of rotatable bonds is 8. The van der Waals surface area contributed by atoms with Gasteiger partial charge >= 0.3 is 0 Å². The number of hydrogen-bond acceptors (Lipinski definition) is 4. The van der Waals surface area contributed by atoms with E-state index in [2.05, 4.69) is 24.1 Å². The first-order valence-electron chi connectivity index (χ1n) is 8.63. The predicted molar refractivity (Wildman–Crippen MR) is 113 cm³/mol. The minimum absolute atomic E-state index is 0. The molecule has 0 spiro atoms. The van der Waals surface area contributed by atoms with E-state index in [9.17, 15) is 0 Å². The first-order valence-corrected chi connectivity index (χ1v) is 9.01. The van der Waals surface area contributed by atoms with E-state index >= 15 is 0 Å². The maximum Gasteiger partial charge on any atom is 0.240 e. The molecule has 5 nitrogen and oxygen atoms in total. The lowest BCUT2D eigenvalue weighted by Gasteiger charge is -2.09. The average Bonchev–Trinajstić information content (AvgIpc) is 2.96. The van der Waals surface area contributed by atoms with Gasteiger partial charge in [-0.15, -0.1) is 17.5 Å². The van der Waals surface area contributed by atoms with Crippen molar-refractivity contribution in [2.24, 2.45) is 0 Å². The van der Waals surface area contributed by atoms with Gasteiger partial charge in [-0.25, -0.2) is 0 Å². The van der Waals surface area contributed by atoms with Crippen molar-refractivity contribution < 1.29 is 9.47 Å². The van der Waals surface area contributed by atoms with Crippen LogP contribution in [0.4, 0.5) is 0 Å². The number of benzene rings is 2. The van der Waals surface area contributed by atoms with Crippen LogP contribution >= 0.6 is 24.0 Å². The van der Waals surface area contributed by atoms with E-state index in [1.165, 1.54) is 0 Å². The number of fused-ring (bicyclic) bond motifs is 1. The number of hydrogen-bond donors (Lipinski definition) is 0. The molecule has 1 aromatic heterocycles. The Morgan fingerprint density at radius 2 is 1.85 bits per heavy atom. The average molecular weight is 410 g/mol. The van der Waals surface area contributed by atoms with E-state index < -0.39 is 0 Å². The number of methoxy groups -OCH3 is 1. The van der Waals surface area contributed by atoms with Crippen LogP contribution in [0.5, 0.6) is 11.6 Å². The van der Waals surface area contributed by atoms with Crippen molar-refractivity contribution in [1.29, 1.82) is 0 Å². The Morgan fingerprint density at radius 1 is 1.11 bits per heavy atom. The number of halogens is 2. The summed E-state index contributed by atoms with van der Waals surface area (Å²) in [5, 5.41) is 6.30. The first kappa shape index (κ1) is 21.4. The van der Waals surface area contributed by atoms with Gasteiger partial charge in [0, 0.05) is 11.6 Å². The molecule has 0 saturated carbocycles. The smallest absolute Gasteiger partial charge is 0.240 e. The van der Waals surface area contributed by atoms with Crippen LogP contribution < -0.4 is 9.47 Å². The largest absolute Gasteiger partial charge is 0.497 e. The zero-order valence-electron chi connectivity index (χ0n) is 15.8. The third-order valence-corrected chi connectivity index (χ3v) is 4.39. The summed E-state index contributed by atoms with van der Waals surface area (Å²) in [6.45, 7) is 2.26. The fourth-order valence-electron chi connectivity index (χ4n) is 2.80. The third-order valence-electron chi connectivity index (χ3n) is 4.16. The lowest BCUT2D eigenvalue weighted by molar-refractivity contribution is 0.273. The Bertz CT molecular complexity index is 864. The molecule has 3 aromatic rings.